The molecule has 2 amide bonds. The van der Waals surface area contributed by atoms with E-state index >= 15 is 0 Å². The average Bonchev–Trinajstić information content (AvgIpc) is 2.42. The summed E-state index contributed by atoms with van der Waals surface area (Å²) in [6.45, 7) is 0.258. The molecule has 110 valence electrons. The Bertz CT molecular complexity index is 497. The van der Waals surface area contributed by atoms with E-state index in [1.54, 1.807) is 32.3 Å². The molecule has 0 fully saturated rings. The Labute approximate surface area is 131 Å². The van der Waals surface area contributed by atoms with Crippen molar-refractivity contribution < 1.29 is 14.3 Å². The van der Waals surface area contributed by atoms with E-state index in [1.165, 1.54) is 4.90 Å². The minimum atomic E-state index is -0.198. The number of amides is 2. The van der Waals surface area contributed by atoms with Crippen LogP contribution in [0.2, 0.25) is 5.02 Å². The number of carbonyl (C=O) groups excluding carboxylic acids is 2. The van der Waals surface area contributed by atoms with Crippen molar-refractivity contribution in [2.45, 2.75) is 6.42 Å². The third-order valence-electron chi connectivity index (χ3n) is 2.62. The lowest BCUT2D eigenvalue weighted by molar-refractivity contribution is -0.132. The SMILES string of the molecule is CNC(=O)CCN(C)C(=O)COc1ccc(Cl)cc1Br. The number of hydrogen-bond donors (Lipinski definition) is 1. The number of halogens is 2. The van der Waals surface area contributed by atoms with Gasteiger partial charge in [0, 0.05) is 32.1 Å². The maximum atomic E-state index is 11.8. The highest BCUT2D eigenvalue weighted by atomic mass is 79.9. The molecule has 1 rings (SSSR count). The molecular formula is C13H16BrClN2O3. The van der Waals surface area contributed by atoms with Crippen molar-refractivity contribution in [1.29, 1.82) is 0 Å². The molecule has 0 radical (unpaired) electrons. The standard InChI is InChI=1S/C13H16BrClN2O3/c1-16-12(18)5-6-17(2)13(19)8-20-11-4-3-9(15)7-10(11)14/h3-4,7H,5-6,8H2,1-2H3,(H,16,18). The van der Waals surface area contributed by atoms with Gasteiger partial charge in [-0.3, -0.25) is 9.59 Å². The van der Waals surface area contributed by atoms with Gasteiger partial charge in [-0.2, -0.15) is 0 Å². The van der Waals surface area contributed by atoms with Crippen molar-refractivity contribution in [1.82, 2.24) is 10.2 Å². The summed E-state index contributed by atoms with van der Waals surface area (Å²) in [6.07, 6.45) is 0.267. The van der Waals surface area contributed by atoms with Crippen LogP contribution in [0, 0.1) is 0 Å². The Balaban J connectivity index is 2.44. The summed E-state index contributed by atoms with van der Waals surface area (Å²) < 4.78 is 6.10. The summed E-state index contributed by atoms with van der Waals surface area (Å²) in [5.41, 5.74) is 0. The molecule has 1 N–H and O–H groups in total. The molecule has 0 aliphatic rings. The Morgan fingerprint density at radius 2 is 2.15 bits per heavy atom. The molecule has 0 unspecified atom stereocenters. The second-order valence-corrected chi connectivity index (χ2v) is 5.39. The molecule has 0 saturated heterocycles. The van der Waals surface area contributed by atoms with Crippen LogP contribution in [0.3, 0.4) is 0 Å². The monoisotopic (exact) mass is 362 g/mol. The molecule has 0 aromatic heterocycles. The molecule has 0 saturated carbocycles. The normalized spacial score (nSPS) is 10.0. The highest BCUT2D eigenvalue weighted by Crippen LogP contribution is 2.27. The van der Waals surface area contributed by atoms with E-state index in [0.717, 1.165) is 0 Å². The van der Waals surface area contributed by atoms with Crippen LogP contribution in [-0.2, 0) is 9.59 Å². The van der Waals surface area contributed by atoms with E-state index in [4.69, 9.17) is 16.3 Å². The summed E-state index contributed by atoms with van der Waals surface area (Å²) in [6, 6.07) is 5.06. The van der Waals surface area contributed by atoms with Gasteiger partial charge < -0.3 is 15.0 Å². The molecule has 1 aromatic rings. The van der Waals surface area contributed by atoms with Crippen LogP contribution in [0.5, 0.6) is 5.75 Å². The number of benzene rings is 1. The topological polar surface area (TPSA) is 58.6 Å². The van der Waals surface area contributed by atoms with Crippen LogP contribution in [0.25, 0.3) is 0 Å². The first kappa shape index (κ1) is 16.8. The molecule has 0 heterocycles. The highest BCUT2D eigenvalue weighted by molar-refractivity contribution is 9.10. The van der Waals surface area contributed by atoms with Crippen LogP contribution < -0.4 is 10.1 Å². The zero-order chi connectivity index (χ0) is 15.1. The van der Waals surface area contributed by atoms with E-state index in [2.05, 4.69) is 21.2 Å². The van der Waals surface area contributed by atoms with Gasteiger partial charge in [-0.25, -0.2) is 0 Å². The third-order valence-corrected chi connectivity index (χ3v) is 3.48. The molecule has 0 spiro atoms. The summed E-state index contributed by atoms with van der Waals surface area (Å²) >= 11 is 9.12. The number of ether oxygens (including phenoxy) is 1. The van der Waals surface area contributed by atoms with Gasteiger partial charge >= 0.3 is 0 Å². The summed E-state index contributed by atoms with van der Waals surface area (Å²) in [5, 5.41) is 3.08. The number of likely N-dealkylation sites (N-methyl/N-ethyl adjacent to an activating group) is 1. The van der Waals surface area contributed by atoms with Gasteiger partial charge in [0.1, 0.15) is 5.75 Å². The van der Waals surface area contributed by atoms with Crippen molar-refractivity contribution in [2.24, 2.45) is 0 Å². The highest BCUT2D eigenvalue weighted by Gasteiger charge is 2.12. The first-order valence-corrected chi connectivity index (χ1v) is 7.13. The van der Waals surface area contributed by atoms with Crippen molar-refractivity contribution in [3.63, 3.8) is 0 Å². The lowest BCUT2D eigenvalue weighted by Crippen LogP contribution is -2.34. The zero-order valence-corrected chi connectivity index (χ0v) is 13.6. The first-order valence-electron chi connectivity index (χ1n) is 5.96. The molecule has 5 nitrogen and oxygen atoms in total. The van der Waals surface area contributed by atoms with Gasteiger partial charge in [-0.05, 0) is 34.1 Å². The van der Waals surface area contributed by atoms with Crippen molar-refractivity contribution >= 4 is 39.3 Å². The summed E-state index contributed by atoms with van der Waals surface area (Å²) in [7, 11) is 3.19. The van der Waals surface area contributed by atoms with E-state index in [1.807, 2.05) is 0 Å². The van der Waals surface area contributed by atoms with Gasteiger partial charge in [0.15, 0.2) is 6.61 Å². The second kappa shape index (κ2) is 8.11. The lowest BCUT2D eigenvalue weighted by atomic mass is 10.3. The Morgan fingerprint density at radius 3 is 2.75 bits per heavy atom. The Morgan fingerprint density at radius 1 is 1.45 bits per heavy atom. The predicted octanol–water partition coefficient (Wildman–Crippen LogP) is 2.08. The molecule has 20 heavy (non-hydrogen) atoms. The van der Waals surface area contributed by atoms with Gasteiger partial charge in [0.25, 0.3) is 5.91 Å². The number of carbonyl (C=O) groups is 2. The molecule has 7 heteroatoms. The minimum Gasteiger partial charge on any atom is -0.483 e. The maximum absolute atomic E-state index is 11.8. The maximum Gasteiger partial charge on any atom is 0.260 e. The molecule has 0 bridgehead atoms. The fourth-order valence-corrected chi connectivity index (χ4v) is 2.16. The van der Waals surface area contributed by atoms with Gasteiger partial charge in [0.05, 0.1) is 4.47 Å². The van der Waals surface area contributed by atoms with Crippen LogP contribution in [0.1, 0.15) is 6.42 Å². The van der Waals surface area contributed by atoms with Crippen LogP contribution in [-0.4, -0.2) is 44.0 Å². The number of hydrogen-bond acceptors (Lipinski definition) is 3. The summed E-state index contributed by atoms with van der Waals surface area (Å²) in [5.74, 6) is 0.240. The molecule has 0 aliphatic heterocycles. The summed E-state index contributed by atoms with van der Waals surface area (Å²) in [4.78, 5) is 24.4. The van der Waals surface area contributed by atoms with Crippen LogP contribution in [0.15, 0.2) is 22.7 Å². The number of rotatable bonds is 6. The lowest BCUT2D eigenvalue weighted by Gasteiger charge is -2.17. The number of nitrogens with zero attached hydrogens (tertiary/aromatic N) is 1. The van der Waals surface area contributed by atoms with E-state index in [9.17, 15) is 9.59 Å². The minimum absolute atomic E-state index is 0.0928. The molecule has 0 atom stereocenters. The van der Waals surface area contributed by atoms with Gasteiger partial charge in [0.2, 0.25) is 5.91 Å². The van der Waals surface area contributed by atoms with Crippen LogP contribution >= 0.6 is 27.5 Å². The smallest absolute Gasteiger partial charge is 0.260 e. The van der Waals surface area contributed by atoms with Crippen LogP contribution in [0.4, 0.5) is 0 Å². The third kappa shape index (κ3) is 5.38. The fraction of sp³-hybridized carbons (Fsp3) is 0.385. The quantitative estimate of drug-likeness (QED) is 0.842. The van der Waals surface area contributed by atoms with Gasteiger partial charge in [-0.15, -0.1) is 0 Å². The number of nitrogens with one attached hydrogen (secondary N) is 1. The average molecular weight is 364 g/mol. The fourth-order valence-electron chi connectivity index (χ4n) is 1.36. The van der Waals surface area contributed by atoms with E-state index in [-0.39, 0.29) is 24.8 Å². The first-order chi connectivity index (χ1) is 9.43. The van der Waals surface area contributed by atoms with Gasteiger partial charge in [-0.1, -0.05) is 11.6 Å². The molecule has 1 aromatic carbocycles. The molecular weight excluding hydrogens is 348 g/mol. The molecule has 0 aliphatic carbocycles. The largest absolute Gasteiger partial charge is 0.483 e. The second-order valence-electron chi connectivity index (χ2n) is 4.10. The van der Waals surface area contributed by atoms with Crippen molar-refractivity contribution in [3.8, 4) is 5.75 Å². The predicted molar refractivity (Wildman–Crippen MR) is 81.0 cm³/mol. The van der Waals surface area contributed by atoms with E-state index < -0.39 is 0 Å². The Kier molecular flexibility index (Phi) is 6.81. The Hall–Kier alpha value is -1.27. The van der Waals surface area contributed by atoms with Crippen molar-refractivity contribution in [2.75, 3.05) is 27.2 Å². The van der Waals surface area contributed by atoms with Crippen molar-refractivity contribution in [3.05, 3.63) is 27.7 Å². The zero-order valence-electron chi connectivity index (χ0n) is 11.3. The van der Waals surface area contributed by atoms with E-state index in [0.29, 0.717) is 21.8 Å².